The van der Waals surface area contributed by atoms with Crippen molar-refractivity contribution in [3.05, 3.63) is 29.8 Å². The van der Waals surface area contributed by atoms with Crippen molar-refractivity contribution in [2.24, 2.45) is 0 Å². The summed E-state index contributed by atoms with van der Waals surface area (Å²) < 4.78 is 5.10. The van der Waals surface area contributed by atoms with Gasteiger partial charge in [-0.1, -0.05) is 6.92 Å². The lowest BCUT2D eigenvalue weighted by Gasteiger charge is -2.34. The Morgan fingerprint density at radius 1 is 1.13 bits per heavy atom. The predicted octanol–water partition coefficient (Wildman–Crippen LogP) is 1.62. The molecule has 6 heteroatoms. The molecular weight excluding hydrogens is 294 g/mol. The molecule has 1 aromatic carbocycles. The highest BCUT2D eigenvalue weighted by Crippen LogP contribution is 2.12. The quantitative estimate of drug-likeness (QED) is 0.809. The van der Waals surface area contributed by atoms with Gasteiger partial charge in [-0.15, -0.1) is 0 Å². The SMILES string of the molecule is CCCNC(=O)N1CCN(CC(=O)c2ccc(OC)cc2)CC1. The van der Waals surface area contributed by atoms with Crippen LogP contribution in [0.2, 0.25) is 0 Å². The van der Waals surface area contributed by atoms with Crippen molar-refractivity contribution in [3.8, 4) is 5.75 Å². The summed E-state index contributed by atoms with van der Waals surface area (Å²) in [6.45, 7) is 5.88. The zero-order chi connectivity index (χ0) is 16.7. The van der Waals surface area contributed by atoms with Gasteiger partial charge >= 0.3 is 6.03 Å². The van der Waals surface area contributed by atoms with Gasteiger partial charge in [0.1, 0.15) is 5.75 Å². The van der Waals surface area contributed by atoms with Crippen LogP contribution >= 0.6 is 0 Å². The predicted molar refractivity (Wildman–Crippen MR) is 89.0 cm³/mol. The zero-order valence-electron chi connectivity index (χ0n) is 13.9. The number of piperazine rings is 1. The van der Waals surface area contributed by atoms with Gasteiger partial charge in [0.15, 0.2) is 5.78 Å². The molecule has 2 amide bonds. The molecule has 0 atom stereocenters. The van der Waals surface area contributed by atoms with Crippen LogP contribution in [0, 0.1) is 0 Å². The number of ether oxygens (including phenoxy) is 1. The molecule has 2 rings (SSSR count). The fourth-order valence-corrected chi connectivity index (χ4v) is 2.52. The first-order chi connectivity index (χ1) is 11.1. The molecule has 1 aliphatic heterocycles. The molecule has 0 radical (unpaired) electrons. The minimum absolute atomic E-state index is 0.00650. The number of carbonyl (C=O) groups excluding carboxylic acids is 2. The molecule has 23 heavy (non-hydrogen) atoms. The molecule has 1 N–H and O–H groups in total. The lowest BCUT2D eigenvalue weighted by atomic mass is 10.1. The number of hydrogen-bond acceptors (Lipinski definition) is 4. The van der Waals surface area contributed by atoms with Crippen LogP contribution in [-0.4, -0.2) is 68.0 Å². The normalized spacial score (nSPS) is 15.3. The van der Waals surface area contributed by atoms with Gasteiger partial charge in [0.2, 0.25) is 0 Å². The molecule has 0 bridgehead atoms. The van der Waals surface area contributed by atoms with Gasteiger partial charge in [-0.25, -0.2) is 4.79 Å². The second-order valence-corrected chi connectivity index (χ2v) is 5.65. The van der Waals surface area contributed by atoms with E-state index in [4.69, 9.17) is 4.74 Å². The van der Waals surface area contributed by atoms with Crippen LogP contribution in [0.5, 0.6) is 5.75 Å². The number of ketones is 1. The highest BCUT2D eigenvalue weighted by Gasteiger charge is 2.22. The van der Waals surface area contributed by atoms with Gasteiger partial charge in [0.25, 0.3) is 0 Å². The number of nitrogens with zero attached hydrogens (tertiary/aromatic N) is 2. The van der Waals surface area contributed by atoms with E-state index in [2.05, 4.69) is 10.2 Å². The second kappa shape index (κ2) is 8.53. The van der Waals surface area contributed by atoms with E-state index < -0.39 is 0 Å². The molecule has 6 nitrogen and oxygen atoms in total. The summed E-state index contributed by atoms with van der Waals surface area (Å²) in [5.74, 6) is 0.838. The first-order valence-electron chi connectivity index (χ1n) is 8.06. The van der Waals surface area contributed by atoms with Crippen LogP contribution in [-0.2, 0) is 0 Å². The second-order valence-electron chi connectivity index (χ2n) is 5.65. The summed E-state index contributed by atoms with van der Waals surface area (Å²) in [5, 5.41) is 2.88. The number of urea groups is 1. The minimum Gasteiger partial charge on any atom is -0.497 e. The van der Waals surface area contributed by atoms with Crippen molar-refractivity contribution < 1.29 is 14.3 Å². The Morgan fingerprint density at radius 2 is 1.78 bits per heavy atom. The average Bonchev–Trinajstić information content (AvgIpc) is 2.60. The minimum atomic E-state index is -0.00650. The summed E-state index contributed by atoms with van der Waals surface area (Å²) in [5.41, 5.74) is 0.689. The van der Waals surface area contributed by atoms with Crippen LogP contribution in [0.4, 0.5) is 4.79 Å². The Balaban J connectivity index is 1.79. The fourth-order valence-electron chi connectivity index (χ4n) is 2.52. The van der Waals surface area contributed by atoms with Crippen molar-refractivity contribution in [3.63, 3.8) is 0 Å². The number of nitrogens with one attached hydrogen (secondary N) is 1. The largest absolute Gasteiger partial charge is 0.497 e. The molecule has 1 aromatic rings. The Labute approximate surface area is 137 Å². The van der Waals surface area contributed by atoms with Crippen LogP contribution in [0.15, 0.2) is 24.3 Å². The number of benzene rings is 1. The Hall–Kier alpha value is -2.08. The standard InChI is InChI=1S/C17H25N3O3/c1-3-8-18-17(22)20-11-9-19(10-12-20)13-16(21)14-4-6-15(23-2)7-5-14/h4-7H,3,8-13H2,1-2H3,(H,18,22). The van der Waals surface area contributed by atoms with Crippen molar-refractivity contribution in [1.29, 1.82) is 0 Å². The maximum absolute atomic E-state index is 12.3. The number of methoxy groups -OCH3 is 1. The van der Waals surface area contributed by atoms with Crippen LogP contribution in [0.1, 0.15) is 23.7 Å². The lowest BCUT2D eigenvalue weighted by molar-refractivity contribution is 0.0878. The molecule has 0 spiro atoms. The molecule has 1 saturated heterocycles. The van der Waals surface area contributed by atoms with Crippen molar-refractivity contribution in [1.82, 2.24) is 15.1 Å². The number of amides is 2. The van der Waals surface area contributed by atoms with E-state index in [9.17, 15) is 9.59 Å². The third-order valence-electron chi connectivity index (χ3n) is 3.96. The first-order valence-corrected chi connectivity index (χ1v) is 8.06. The van der Waals surface area contributed by atoms with E-state index in [0.29, 0.717) is 31.7 Å². The molecule has 126 valence electrons. The Kier molecular flexibility index (Phi) is 6.40. The highest BCUT2D eigenvalue weighted by molar-refractivity contribution is 5.97. The first kappa shape index (κ1) is 17.3. The number of hydrogen-bond donors (Lipinski definition) is 1. The van der Waals surface area contributed by atoms with Gasteiger partial charge in [-0.05, 0) is 30.7 Å². The van der Waals surface area contributed by atoms with Gasteiger partial charge in [0, 0.05) is 38.3 Å². The van der Waals surface area contributed by atoms with E-state index in [1.165, 1.54) is 0 Å². The number of carbonyl (C=O) groups is 2. The molecule has 0 saturated carbocycles. The van der Waals surface area contributed by atoms with E-state index in [1.807, 2.05) is 11.8 Å². The summed E-state index contributed by atoms with van der Waals surface area (Å²) >= 11 is 0. The van der Waals surface area contributed by atoms with E-state index in [0.717, 1.165) is 25.3 Å². The van der Waals surface area contributed by atoms with Crippen molar-refractivity contribution in [2.75, 3.05) is 46.4 Å². The maximum atomic E-state index is 12.3. The van der Waals surface area contributed by atoms with Crippen molar-refractivity contribution in [2.45, 2.75) is 13.3 Å². The molecule has 0 aliphatic carbocycles. The van der Waals surface area contributed by atoms with Gasteiger partial charge < -0.3 is 15.0 Å². The molecule has 1 fully saturated rings. The van der Waals surface area contributed by atoms with E-state index in [1.54, 1.807) is 31.4 Å². The Morgan fingerprint density at radius 3 is 2.35 bits per heavy atom. The van der Waals surface area contributed by atoms with Gasteiger partial charge in [-0.2, -0.15) is 0 Å². The topological polar surface area (TPSA) is 61.9 Å². The van der Waals surface area contributed by atoms with E-state index in [-0.39, 0.29) is 11.8 Å². The summed E-state index contributed by atoms with van der Waals surface area (Å²) in [7, 11) is 1.60. The van der Waals surface area contributed by atoms with Crippen molar-refractivity contribution >= 4 is 11.8 Å². The molecule has 0 aromatic heterocycles. The fraction of sp³-hybridized carbons (Fsp3) is 0.529. The Bertz CT molecular complexity index is 522. The monoisotopic (exact) mass is 319 g/mol. The smallest absolute Gasteiger partial charge is 0.317 e. The average molecular weight is 319 g/mol. The maximum Gasteiger partial charge on any atom is 0.317 e. The van der Waals surface area contributed by atoms with E-state index >= 15 is 0 Å². The van der Waals surface area contributed by atoms with Crippen LogP contribution < -0.4 is 10.1 Å². The molecular formula is C17H25N3O3. The zero-order valence-corrected chi connectivity index (χ0v) is 13.9. The molecule has 1 heterocycles. The molecule has 0 unspecified atom stereocenters. The summed E-state index contributed by atoms with van der Waals surface area (Å²) in [6, 6.07) is 7.16. The third kappa shape index (κ3) is 4.96. The number of rotatable bonds is 6. The highest BCUT2D eigenvalue weighted by atomic mass is 16.5. The summed E-state index contributed by atoms with van der Waals surface area (Å²) in [4.78, 5) is 28.1. The third-order valence-corrected chi connectivity index (χ3v) is 3.96. The number of Topliss-reactive ketones (excluding diaryl/α,β-unsaturated/α-hetero) is 1. The van der Waals surface area contributed by atoms with Gasteiger partial charge in [0.05, 0.1) is 13.7 Å². The lowest BCUT2D eigenvalue weighted by Crippen LogP contribution is -2.52. The molecule has 1 aliphatic rings. The van der Waals surface area contributed by atoms with Crippen LogP contribution in [0.25, 0.3) is 0 Å². The summed E-state index contributed by atoms with van der Waals surface area (Å²) in [6.07, 6.45) is 0.933. The van der Waals surface area contributed by atoms with Crippen LogP contribution in [0.3, 0.4) is 0 Å². The van der Waals surface area contributed by atoms with Gasteiger partial charge in [-0.3, -0.25) is 9.69 Å².